The van der Waals surface area contributed by atoms with Crippen molar-refractivity contribution in [3.63, 3.8) is 0 Å². The molecule has 3 nitrogen and oxygen atoms in total. The monoisotopic (exact) mass is 259 g/mol. The molecule has 2 heterocycles. The SMILES string of the molecule is BrC1CCC2NCC3NNCC3C2C1. The summed E-state index contributed by atoms with van der Waals surface area (Å²) in [5.74, 6) is 1.72. The predicted octanol–water partition coefficient (Wildman–Crippen LogP) is 0.614. The second-order valence-electron chi connectivity index (χ2n) is 4.88. The van der Waals surface area contributed by atoms with Gasteiger partial charge in [-0.25, -0.2) is 0 Å². The zero-order chi connectivity index (χ0) is 9.54. The van der Waals surface area contributed by atoms with E-state index in [9.17, 15) is 0 Å². The van der Waals surface area contributed by atoms with Gasteiger partial charge in [-0.05, 0) is 31.1 Å². The maximum atomic E-state index is 3.78. The normalized spacial score (nSPS) is 52.5. The molecule has 2 saturated heterocycles. The van der Waals surface area contributed by atoms with Crippen LogP contribution in [-0.2, 0) is 0 Å². The number of piperidine rings is 1. The van der Waals surface area contributed by atoms with Gasteiger partial charge in [0.1, 0.15) is 0 Å². The van der Waals surface area contributed by atoms with Crippen LogP contribution in [0.4, 0.5) is 0 Å². The highest BCUT2D eigenvalue weighted by molar-refractivity contribution is 9.09. The van der Waals surface area contributed by atoms with E-state index in [4.69, 9.17) is 0 Å². The van der Waals surface area contributed by atoms with Crippen LogP contribution in [0.5, 0.6) is 0 Å². The van der Waals surface area contributed by atoms with Gasteiger partial charge in [0.05, 0.1) is 0 Å². The number of fused-ring (bicyclic) bond motifs is 3. The third-order valence-corrected chi connectivity index (χ3v) is 4.96. The quantitative estimate of drug-likeness (QED) is 0.559. The number of hydrogen-bond acceptors (Lipinski definition) is 3. The Morgan fingerprint density at radius 3 is 2.86 bits per heavy atom. The molecule has 3 aliphatic rings. The Bertz CT molecular complexity index is 223. The molecule has 0 aromatic rings. The van der Waals surface area contributed by atoms with E-state index >= 15 is 0 Å². The van der Waals surface area contributed by atoms with Crippen LogP contribution >= 0.6 is 15.9 Å². The second-order valence-corrected chi connectivity index (χ2v) is 6.18. The lowest BCUT2D eigenvalue weighted by molar-refractivity contribution is 0.141. The number of hydrazine groups is 1. The van der Waals surface area contributed by atoms with E-state index in [2.05, 4.69) is 32.1 Å². The lowest BCUT2D eigenvalue weighted by Crippen LogP contribution is -2.57. The van der Waals surface area contributed by atoms with E-state index in [1.54, 1.807) is 0 Å². The molecule has 1 saturated carbocycles. The zero-order valence-electron chi connectivity index (χ0n) is 8.30. The van der Waals surface area contributed by atoms with E-state index in [1.807, 2.05) is 0 Å². The third-order valence-electron chi connectivity index (χ3n) is 4.13. The molecule has 3 rings (SSSR count). The van der Waals surface area contributed by atoms with Crippen molar-refractivity contribution < 1.29 is 0 Å². The van der Waals surface area contributed by atoms with E-state index in [0.717, 1.165) is 35.8 Å². The topological polar surface area (TPSA) is 36.1 Å². The number of rotatable bonds is 0. The highest BCUT2D eigenvalue weighted by atomic mass is 79.9. The largest absolute Gasteiger partial charge is 0.312 e. The van der Waals surface area contributed by atoms with Crippen LogP contribution in [0, 0.1) is 11.8 Å². The number of nitrogens with one attached hydrogen (secondary N) is 3. The van der Waals surface area contributed by atoms with E-state index in [-0.39, 0.29) is 0 Å². The summed E-state index contributed by atoms with van der Waals surface area (Å²) in [6.45, 7) is 2.30. The minimum absolute atomic E-state index is 0.661. The van der Waals surface area contributed by atoms with Crippen molar-refractivity contribution in [3.05, 3.63) is 0 Å². The van der Waals surface area contributed by atoms with Gasteiger partial charge in [-0.3, -0.25) is 10.9 Å². The Kier molecular flexibility index (Phi) is 2.56. The van der Waals surface area contributed by atoms with E-state index < -0.39 is 0 Å². The van der Waals surface area contributed by atoms with Crippen LogP contribution in [0.15, 0.2) is 0 Å². The van der Waals surface area contributed by atoms with Crippen molar-refractivity contribution in [2.75, 3.05) is 13.1 Å². The molecule has 14 heavy (non-hydrogen) atoms. The predicted molar refractivity (Wildman–Crippen MR) is 60.3 cm³/mol. The molecule has 1 aliphatic carbocycles. The van der Waals surface area contributed by atoms with Gasteiger partial charge in [0, 0.05) is 30.0 Å². The highest BCUT2D eigenvalue weighted by Gasteiger charge is 2.43. The van der Waals surface area contributed by atoms with Crippen molar-refractivity contribution >= 4 is 15.9 Å². The molecule has 0 amide bonds. The molecular formula is C10H18BrN3. The molecule has 0 bridgehead atoms. The Labute approximate surface area is 93.5 Å². The van der Waals surface area contributed by atoms with Gasteiger partial charge in [-0.1, -0.05) is 15.9 Å². The van der Waals surface area contributed by atoms with E-state index in [0.29, 0.717) is 6.04 Å². The fourth-order valence-corrected chi connectivity index (χ4v) is 4.06. The molecule has 4 heteroatoms. The number of halogens is 1. The fraction of sp³-hybridized carbons (Fsp3) is 1.00. The van der Waals surface area contributed by atoms with Crippen molar-refractivity contribution in [1.29, 1.82) is 0 Å². The average Bonchev–Trinajstić information content (AvgIpc) is 2.65. The maximum Gasteiger partial charge on any atom is 0.0381 e. The number of alkyl halides is 1. The molecule has 2 aliphatic heterocycles. The summed E-state index contributed by atoms with van der Waals surface area (Å²) in [5.41, 5.74) is 6.69. The Balaban J connectivity index is 1.76. The second kappa shape index (κ2) is 3.74. The fourth-order valence-electron chi connectivity index (χ4n) is 3.37. The molecule has 0 spiro atoms. The highest BCUT2D eigenvalue weighted by Crippen LogP contribution is 2.38. The van der Waals surface area contributed by atoms with Gasteiger partial charge in [0.15, 0.2) is 0 Å². The number of hydrogen-bond donors (Lipinski definition) is 3. The van der Waals surface area contributed by atoms with Gasteiger partial charge in [0.2, 0.25) is 0 Å². The lowest BCUT2D eigenvalue weighted by Gasteiger charge is -2.44. The van der Waals surface area contributed by atoms with Gasteiger partial charge in [-0.15, -0.1) is 0 Å². The first-order chi connectivity index (χ1) is 6.84. The lowest BCUT2D eigenvalue weighted by atomic mass is 9.71. The minimum atomic E-state index is 0.661. The van der Waals surface area contributed by atoms with Crippen LogP contribution in [0.25, 0.3) is 0 Å². The zero-order valence-corrected chi connectivity index (χ0v) is 9.89. The first-order valence-electron chi connectivity index (χ1n) is 5.70. The van der Waals surface area contributed by atoms with Gasteiger partial charge in [-0.2, -0.15) is 0 Å². The summed E-state index contributed by atoms with van der Waals surface area (Å²) in [6.07, 6.45) is 4.04. The van der Waals surface area contributed by atoms with Gasteiger partial charge >= 0.3 is 0 Å². The van der Waals surface area contributed by atoms with Crippen LogP contribution < -0.4 is 16.2 Å². The Morgan fingerprint density at radius 1 is 1.00 bits per heavy atom. The molecule has 0 aromatic carbocycles. The summed E-state index contributed by atoms with van der Waals surface area (Å²) < 4.78 is 0. The molecular weight excluding hydrogens is 242 g/mol. The van der Waals surface area contributed by atoms with Crippen LogP contribution in [0.3, 0.4) is 0 Å². The Morgan fingerprint density at radius 2 is 1.93 bits per heavy atom. The smallest absolute Gasteiger partial charge is 0.0381 e. The van der Waals surface area contributed by atoms with Crippen molar-refractivity contribution in [2.24, 2.45) is 11.8 Å². The van der Waals surface area contributed by atoms with Crippen LogP contribution in [-0.4, -0.2) is 30.0 Å². The van der Waals surface area contributed by atoms with Crippen LogP contribution in [0.2, 0.25) is 0 Å². The molecule has 3 N–H and O–H groups in total. The van der Waals surface area contributed by atoms with Gasteiger partial charge in [0.25, 0.3) is 0 Å². The van der Waals surface area contributed by atoms with E-state index in [1.165, 1.54) is 19.3 Å². The molecule has 5 atom stereocenters. The standard InChI is InChI=1S/C10H18BrN3/c11-6-1-2-9-7(3-6)8-4-13-14-10(8)5-12-9/h6-10,12-14H,1-5H2. The van der Waals surface area contributed by atoms with Crippen molar-refractivity contribution in [3.8, 4) is 0 Å². The molecule has 0 aromatic heterocycles. The molecule has 3 fully saturated rings. The Hall–Kier alpha value is 0.360. The first kappa shape index (κ1) is 9.58. The molecule has 80 valence electrons. The van der Waals surface area contributed by atoms with Gasteiger partial charge < -0.3 is 5.32 Å². The summed E-state index contributed by atoms with van der Waals surface area (Å²) >= 11 is 3.78. The van der Waals surface area contributed by atoms with Crippen molar-refractivity contribution in [2.45, 2.75) is 36.2 Å². The van der Waals surface area contributed by atoms with Crippen molar-refractivity contribution in [1.82, 2.24) is 16.2 Å². The third kappa shape index (κ3) is 1.52. The summed E-state index contributed by atoms with van der Waals surface area (Å²) in [5, 5.41) is 3.69. The maximum absolute atomic E-state index is 3.78. The van der Waals surface area contributed by atoms with Crippen LogP contribution in [0.1, 0.15) is 19.3 Å². The minimum Gasteiger partial charge on any atom is -0.312 e. The molecule has 5 unspecified atom stereocenters. The first-order valence-corrected chi connectivity index (χ1v) is 6.62. The summed E-state index contributed by atoms with van der Waals surface area (Å²) in [7, 11) is 0. The summed E-state index contributed by atoms with van der Waals surface area (Å²) in [6, 6.07) is 1.45. The summed E-state index contributed by atoms with van der Waals surface area (Å²) in [4.78, 5) is 0.755. The average molecular weight is 260 g/mol. The molecule has 0 radical (unpaired) electrons.